The van der Waals surface area contributed by atoms with Crippen LogP contribution in [-0.2, 0) is 22.6 Å². The van der Waals surface area contributed by atoms with Gasteiger partial charge in [0.25, 0.3) is 0 Å². The molecule has 4 amide bonds. The molecule has 204 valence electrons. The zero-order valence-corrected chi connectivity index (χ0v) is 22.2. The Kier molecular flexibility index (Phi) is 8.83. The molecule has 2 aliphatic heterocycles. The van der Waals surface area contributed by atoms with Crippen molar-refractivity contribution in [3.05, 3.63) is 65.5 Å². The number of piperazine rings is 1. The molecule has 2 aliphatic rings. The van der Waals surface area contributed by atoms with Crippen LogP contribution >= 0.6 is 0 Å². The lowest BCUT2D eigenvalue weighted by Gasteiger charge is -2.54. The van der Waals surface area contributed by atoms with E-state index in [9.17, 15) is 18.8 Å². The molecule has 9 nitrogen and oxygen atoms in total. The largest absolute Gasteiger partial charge is 0.497 e. The summed E-state index contributed by atoms with van der Waals surface area (Å²) in [6.07, 6.45) is 2.26. The Morgan fingerprint density at radius 3 is 2.42 bits per heavy atom. The SMILES string of the molecule is CCCC[C@H]1C(=O)N(CCc2ccc(OC)cc2)C[C@H]2N1C(=O)CN(C)N2C(=O)NCc1ccc(F)cc1. The van der Waals surface area contributed by atoms with Crippen LogP contribution in [0.2, 0.25) is 0 Å². The van der Waals surface area contributed by atoms with Crippen molar-refractivity contribution < 1.29 is 23.5 Å². The second-order valence-corrected chi connectivity index (χ2v) is 9.77. The summed E-state index contributed by atoms with van der Waals surface area (Å²) in [5.74, 6) is 0.186. The number of halogens is 1. The topological polar surface area (TPSA) is 85.4 Å². The normalized spacial score (nSPS) is 19.9. The van der Waals surface area contributed by atoms with E-state index in [0.29, 0.717) is 19.4 Å². The monoisotopic (exact) mass is 525 g/mol. The fourth-order valence-corrected chi connectivity index (χ4v) is 5.10. The number of hydrogen-bond donors (Lipinski definition) is 1. The number of methoxy groups -OCH3 is 1. The number of carbonyl (C=O) groups is 3. The first-order valence-electron chi connectivity index (χ1n) is 13.1. The van der Waals surface area contributed by atoms with Crippen LogP contribution in [0.4, 0.5) is 9.18 Å². The summed E-state index contributed by atoms with van der Waals surface area (Å²) >= 11 is 0. The van der Waals surface area contributed by atoms with Crippen molar-refractivity contribution in [3.63, 3.8) is 0 Å². The summed E-state index contributed by atoms with van der Waals surface area (Å²) in [4.78, 5) is 43.6. The lowest BCUT2D eigenvalue weighted by Crippen LogP contribution is -2.76. The van der Waals surface area contributed by atoms with E-state index in [0.717, 1.165) is 29.7 Å². The van der Waals surface area contributed by atoms with E-state index in [4.69, 9.17) is 4.74 Å². The lowest BCUT2D eigenvalue weighted by atomic mass is 10.0. The Morgan fingerprint density at radius 1 is 1.08 bits per heavy atom. The molecule has 2 atom stereocenters. The molecule has 2 aromatic carbocycles. The van der Waals surface area contributed by atoms with Crippen molar-refractivity contribution in [2.75, 3.05) is 33.8 Å². The Balaban J connectivity index is 1.53. The fraction of sp³-hybridized carbons (Fsp3) is 0.464. The molecule has 0 radical (unpaired) electrons. The number of carbonyl (C=O) groups excluding carboxylic acids is 3. The molecule has 1 N–H and O–H groups in total. The van der Waals surface area contributed by atoms with Crippen molar-refractivity contribution in [2.24, 2.45) is 0 Å². The minimum Gasteiger partial charge on any atom is -0.497 e. The highest BCUT2D eigenvalue weighted by Gasteiger charge is 2.50. The first-order valence-corrected chi connectivity index (χ1v) is 13.1. The molecular formula is C28H36FN5O4. The number of benzene rings is 2. The summed E-state index contributed by atoms with van der Waals surface area (Å²) < 4.78 is 18.5. The molecule has 10 heteroatoms. The van der Waals surface area contributed by atoms with E-state index >= 15 is 0 Å². The molecule has 2 aromatic rings. The third kappa shape index (κ3) is 6.07. The smallest absolute Gasteiger partial charge is 0.334 e. The van der Waals surface area contributed by atoms with Crippen molar-refractivity contribution in [2.45, 2.75) is 51.4 Å². The van der Waals surface area contributed by atoms with Gasteiger partial charge in [0.05, 0.1) is 20.2 Å². The van der Waals surface area contributed by atoms with Gasteiger partial charge in [0.15, 0.2) is 0 Å². The number of urea groups is 1. The van der Waals surface area contributed by atoms with Gasteiger partial charge in [0, 0.05) is 20.1 Å². The Bertz CT molecular complexity index is 1130. The van der Waals surface area contributed by atoms with Gasteiger partial charge < -0.3 is 19.9 Å². The molecule has 0 saturated carbocycles. The maximum atomic E-state index is 13.6. The summed E-state index contributed by atoms with van der Waals surface area (Å²) in [5.41, 5.74) is 1.82. The Hall–Kier alpha value is -3.66. The van der Waals surface area contributed by atoms with Crippen LogP contribution in [-0.4, -0.2) is 83.7 Å². The quantitative estimate of drug-likeness (QED) is 0.544. The number of rotatable bonds is 9. The minimum absolute atomic E-state index is 0.00220. The molecule has 38 heavy (non-hydrogen) atoms. The van der Waals surface area contributed by atoms with Gasteiger partial charge in [0.1, 0.15) is 23.8 Å². The van der Waals surface area contributed by atoms with Gasteiger partial charge in [0.2, 0.25) is 11.8 Å². The molecule has 2 saturated heterocycles. The van der Waals surface area contributed by atoms with E-state index in [1.807, 2.05) is 31.2 Å². The number of hydrazine groups is 1. The van der Waals surface area contributed by atoms with Gasteiger partial charge in [-0.2, -0.15) is 0 Å². The van der Waals surface area contributed by atoms with E-state index in [1.54, 1.807) is 41.1 Å². The van der Waals surface area contributed by atoms with Crippen LogP contribution in [0.1, 0.15) is 37.3 Å². The van der Waals surface area contributed by atoms with Gasteiger partial charge in [-0.1, -0.05) is 44.0 Å². The standard InChI is InChI=1S/C28H36FN5O4/c1-4-5-6-24-27(36)32(16-15-20-9-13-23(38-3)14-10-20)18-25-33(24)26(35)19-31(2)34(25)28(37)30-17-21-7-11-22(29)12-8-21/h7-14,24-25H,4-6,15-19H2,1-3H3,(H,30,37)/t24-,25-/m0/s1. The number of fused-ring (bicyclic) bond motifs is 1. The minimum atomic E-state index is -0.620. The summed E-state index contributed by atoms with van der Waals surface area (Å²) in [5, 5.41) is 6.04. The second-order valence-electron chi connectivity index (χ2n) is 9.77. The van der Waals surface area contributed by atoms with E-state index < -0.39 is 12.2 Å². The lowest BCUT2D eigenvalue weighted by molar-refractivity contribution is -0.187. The first kappa shape index (κ1) is 27.4. The van der Waals surface area contributed by atoms with Crippen LogP contribution in [0.3, 0.4) is 0 Å². The zero-order chi connectivity index (χ0) is 27.2. The maximum absolute atomic E-state index is 13.6. The average molecular weight is 526 g/mol. The number of unbranched alkanes of at least 4 members (excludes halogenated alkanes) is 1. The maximum Gasteiger partial charge on any atom is 0.334 e. The van der Waals surface area contributed by atoms with Crippen LogP contribution < -0.4 is 10.1 Å². The van der Waals surface area contributed by atoms with E-state index in [-0.39, 0.29) is 43.3 Å². The summed E-state index contributed by atoms with van der Waals surface area (Å²) in [6, 6.07) is 12.7. The summed E-state index contributed by atoms with van der Waals surface area (Å²) in [6.45, 7) is 2.96. The number of nitrogens with zero attached hydrogens (tertiary/aromatic N) is 4. The molecule has 4 rings (SSSR count). The molecule has 0 spiro atoms. The van der Waals surface area contributed by atoms with Crippen molar-refractivity contribution in [3.8, 4) is 5.75 Å². The highest BCUT2D eigenvalue weighted by atomic mass is 19.1. The molecule has 0 unspecified atom stereocenters. The first-order chi connectivity index (χ1) is 18.3. The molecule has 0 aromatic heterocycles. The van der Waals surface area contributed by atoms with Gasteiger partial charge in [-0.05, 0) is 48.2 Å². The van der Waals surface area contributed by atoms with Crippen LogP contribution in [0, 0.1) is 5.82 Å². The highest BCUT2D eigenvalue weighted by molar-refractivity contribution is 5.91. The van der Waals surface area contributed by atoms with E-state index in [2.05, 4.69) is 5.32 Å². The van der Waals surface area contributed by atoms with Crippen LogP contribution in [0.5, 0.6) is 5.75 Å². The molecule has 2 fully saturated rings. The van der Waals surface area contributed by atoms with E-state index in [1.165, 1.54) is 17.1 Å². The van der Waals surface area contributed by atoms with Crippen molar-refractivity contribution in [1.82, 2.24) is 25.1 Å². The predicted octanol–water partition coefficient (Wildman–Crippen LogP) is 3.00. The fourth-order valence-electron chi connectivity index (χ4n) is 5.10. The highest BCUT2D eigenvalue weighted by Crippen LogP contribution is 2.28. The molecule has 0 aliphatic carbocycles. The number of hydrogen-bond acceptors (Lipinski definition) is 5. The summed E-state index contributed by atoms with van der Waals surface area (Å²) in [7, 11) is 3.32. The van der Waals surface area contributed by atoms with Crippen molar-refractivity contribution in [1.29, 1.82) is 0 Å². The van der Waals surface area contributed by atoms with Gasteiger partial charge >= 0.3 is 6.03 Å². The second kappa shape index (κ2) is 12.3. The van der Waals surface area contributed by atoms with Gasteiger partial charge in [-0.25, -0.2) is 19.2 Å². The van der Waals surface area contributed by atoms with Crippen molar-refractivity contribution >= 4 is 17.8 Å². The zero-order valence-electron chi connectivity index (χ0n) is 22.2. The molecular weight excluding hydrogens is 489 g/mol. The number of ether oxygens (including phenoxy) is 1. The predicted molar refractivity (Wildman–Crippen MR) is 140 cm³/mol. The Morgan fingerprint density at radius 2 is 1.76 bits per heavy atom. The average Bonchev–Trinajstić information content (AvgIpc) is 2.91. The third-order valence-electron chi connectivity index (χ3n) is 7.17. The van der Waals surface area contributed by atoms with Gasteiger partial charge in [-0.15, -0.1) is 0 Å². The van der Waals surface area contributed by atoms with Gasteiger partial charge in [-0.3, -0.25) is 9.59 Å². The number of amides is 4. The van der Waals surface area contributed by atoms with Crippen LogP contribution in [0.25, 0.3) is 0 Å². The number of likely N-dealkylation sites (N-methyl/N-ethyl adjacent to an activating group) is 1. The number of nitrogens with one attached hydrogen (secondary N) is 1. The molecule has 0 bridgehead atoms. The Labute approximate surface area is 223 Å². The third-order valence-corrected chi connectivity index (χ3v) is 7.17. The van der Waals surface area contributed by atoms with Crippen LogP contribution in [0.15, 0.2) is 48.5 Å². The molecule has 2 heterocycles.